The number of alkyl halides is 3. The lowest BCUT2D eigenvalue weighted by Gasteiger charge is -2.08. The van der Waals surface area contributed by atoms with Crippen LogP contribution in [0.2, 0.25) is 0 Å². The van der Waals surface area contributed by atoms with Crippen molar-refractivity contribution in [1.29, 1.82) is 0 Å². The Morgan fingerprint density at radius 1 is 1.29 bits per heavy atom. The molecular weight excluding hydrogens is 251 g/mol. The maximum absolute atomic E-state index is 12.4. The highest BCUT2D eigenvalue weighted by atomic mass is 32.1. The van der Waals surface area contributed by atoms with Gasteiger partial charge in [-0.15, -0.1) is 0 Å². The summed E-state index contributed by atoms with van der Waals surface area (Å²) in [5, 5.41) is 2.10. The zero-order valence-electron chi connectivity index (χ0n) is 8.78. The van der Waals surface area contributed by atoms with E-state index in [9.17, 15) is 13.2 Å². The second-order valence-electron chi connectivity index (χ2n) is 3.38. The van der Waals surface area contributed by atoms with Gasteiger partial charge in [-0.2, -0.15) is 13.2 Å². The number of benzene rings is 1. The van der Waals surface area contributed by atoms with Gasteiger partial charge in [-0.25, -0.2) is 4.98 Å². The molecule has 1 heterocycles. The van der Waals surface area contributed by atoms with Gasteiger partial charge in [0, 0.05) is 5.38 Å². The monoisotopic (exact) mass is 259 g/mol. The van der Waals surface area contributed by atoms with E-state index in [0.717, 1.165) is 17.8 Å². The van der Waals surface area contributed by atoms with Gasteiger partial charge in [0.25, 0.3) is 5.19 Å². The summed E-state index contributed by atoms with van der Waals surface area (Å²) in [6.45, 7) is 1.79. The maximum Gasteiger partial charge on any atom is 0.416 e. The molecule has 2 aromatic rings. The Kier molecular flexibility index (Phi) is 3.06. The topological polar surface area (TPSA) is 22.1 Å². The van der Waals surface area contributed by atoms with Crippen molar-refractivity contribution in [1.82, 2.24) is 4.98 Å². The van der Waals surface area contributed by atoms with E-state index in [1.165, 1.54) is 23.5 Å². The van der Waals surface area contributed by atoms with Crippen LogP contribution < -0.4 is 4.74 Å². The summed E-state index contributed by atoms with van der Waals surface area (Å²) in [5.74, 6) is 0.133. The molecule has 0 saturated carbocycles. The molecular formula is C11H8F3NOS. The van der Waals surface area contributed by atoms with Crippen molar-refractivity contribution in [3.05, 3.63) is 40.9 Å². The Morgan fingerprint density at radius 3 is 2.65 bits per heavy atom. The van der Waals surface area contributed by atoms with Crippen molar-refractivity contribution in [2.24, 2.45) is 0 Å². The van der Waals surface area contributed by atoms with Gasteiger partial charge in [0.05, 0.1) is 11.3 Å². The smallest absolute Gasteiger partial charge is 0.416 e. The van der Waals surface area contributed by atoms with E-state index in [1.54, 1.807) is 12.3 Å². The summed E-state index contributed by atoms with van der Waals surface area (Å²) in [6.07, 6.45) is -4.36. The van der Waals surface area contributed by atoms with E-state index in [4.69, 9.17) is 4.74 Å². The minimum Gasteiger partial charge on any atom is -0.431 e. The quantitative estimate of drug-likeness (QED) is 0.803. The summed E-state index contributed by atoms with van der Waals surface area (Å²) >= 11 is 1.24. The summed E-state index contributed by atoms with van der Waals surface area (Å²) in [5.41, 5.74) is 0.0419. The van der Waals surface area contributed by atoms with Crippen molar-refractivity contribution in [3.63, 3.8) is 0 Å². The van der Waals surface area contributed by atoms with Crippen LogP contribution in [0.25, 0.3) is 0 Å². The van der Waals surface area contributed by atoms with Crippen molar-refractivity contribution in [2.45, 2.75) is 13.1 Å². The molecule has 0 radical (unpaired) electrons. The van der Waals surface area contributed by atoms with E-state index < -0.39 is 11.7 Å². The molecule has 1 aromatic carbocycles. The van der Waals surface area contributed by atoms with Crippen molar-refractivity contribution in [2.75, 3.05) is 0 Å². The molecule has 0 aliphatic heterocycles. The summed E-state index contributed by atoms with van der Waals surface area (Å²) in [4.78, 5) is 4.01. The third kappa shape index (κ3) is 2.97. The number of nitrogens with zero attached hydrogens (tertiary/aromatic N) is 1. The van der Waals surface area contributed by atoms with Crippen LogP contribution in [0.1, 0.15) is 11.3 Å². The predicted molar refractivity (Wildman–Crippen MR) is 58.4 cm³/mol. The molecule has 0 aliphatic carbocycles. The standard InChI is InChI=1S/C11H8F3NOS/c1-7-6-17-10(15-7)16-9-4-2-3-8(5-9)11(12,13)14/h2-6H,1H3. The zero-order chi connectivity index (χ0) is 12.5. The van der Waals surface area contributed by atoms with E-state index >= 15 is 0 Å². The normalized spacial score (nSPS) is 11.5. The number of ether oxygens (including phenoxy) is 1. The van der Waals surface area contributed by atoms with Crippen molar-refractivity contribution in [3.8, 4) is 10.9 Å². The van der Waals surface area contributed by atoms with E-state index in [-0.39, 0.29) is 5.75 Å². The molecule has 0 unspecified atom stereocenters. The zero-order valence-corrected chi connectivity index (χ0v) is 9.60. The van der Waals surface area contributed by atoms with E-state index in [1.807, 2.05) is 0 Å². The SMILES string of the molecule is Cc1csc(Oc2cccc(C(F)(F)F)c2)n1. The van der Waals surface area contributed by atoms with Gasteiger partial charge in [0.15, 0.2) is 0 Å². The fraction of sp³-hybridized carbons (Fsp3) is 0.182. The highest BCUT2D eigenvalue weighted by Crippen LogP contribution is 2.33. The Labute approximate surface area is 99.7 Å². The molecule has 90 valence electrons. The number of halogens is 3. The molecule has 0 bridgehead atoms. The first-order valence-corrected chi connectivity index (χ1v) is 5.60. The van der Waals surface area contributed by atoms with Crippen LogP contribution in [0, 0.1) is 6.92 Å². The summed E-state index contributed by atoms with van der Waals surface area (Å²) in [6, 6.07) is 4.72. The van der Waals surface area contributed by atoms with Gasteiger partial charge in [-0.1, -0.05) is 17.4 Å². The molecule has 2 rings (SSSR count). The minimum absolute atomic E-state index is 0.133. The third-order valence-electron chi connectivity index (χ3n) is 1.96. The lowest BCUT2D eigenvalue weighted by Crippen LogP contribution is -2.04. The van der Waals surface area contributed by atoms with Crippen LogP contribution >= 0.6 is 11.3 Å². The first-order valence-electron chi connectivity index (χ1n) is 4.72. The summed E-state index contributed by atoms with van der Waals surface area (Å²) in [7, 11) is 0. The molecule has 17 heavy (non-hydrogen) atoms. The van der Waals surface area contributed by atoms with Gasteiger partial charge >= 0.3 is 6.18 Å². The molecule has 6 heteroatoms. The number of aryl methyl sites for hydroxylation is 1. The molecule has 0 spiro atoms. The van der Waals surface area contributed by atoms with Crippen LogP contribution in [0.4, 0.5) is 13.2 Å². The largest absolute Gasteiger partial charge is 0.431 e. The van der Waals surface area contributed by atoms with E-state index in [0.29, 0.717) is 5.19 Å². The van der Waals surface area contributed by atoms with Gasteiger partial charge in [0.1, 0.15) is 5.75 Å². The Hall–Kier alpha value is -1.56. The molecule has 0 atom stereocenters. The third-order valence-corrected chi connectivity index (χ3v) is 2.80. The van der Waals surface area contributed by atoms with Crippen molar-refractivity contribution >= 4 is 11.3 Å². The summed E-state index contributed by atoms with van der Waals surface area (Å²) < 4.78 is 42.6. The number of thiazole rings is 1. The Bertz CT molecular complexity index is 521. The average Bonchev–Trinajstić information content (AvgIpc) is 2.63. The minimum atomic E-state index is -4.36. The van der Waals surface area contributed by atoms with E-state index in [2.05, 4.69) is 4.98 Å². The lowest BCUT2D eigenvalue weighted by molar-refractivity contribution is -0.137. The second-order valence-corrected chi connectivity index (χ2v) is 4.20. The Morgan fingerprint density at radius 2 is 2.06 bits per heavy atom. The first kappa shape index (κ1) is 11.9. The van der Waals surface area contributed by atoms with Crippen LogP contribution in [0.15, 0.2) is 29.6 Å². The van der Waals surface area contributed by atoms with Crippen LogP contribution in [0.5, 0.6) is 10.9 Å². The van der Waals surface area contributed by atoms with Gasteiger partial charge in [0.2, 0.25) is 0 Å². The second kappa shape index (κ2) is 4.37. The molecule has 0 N–H and O–H groups in total. The number of hydrogen-bond acceptors (Lipinski definition) is 3. The highest BCUT2D eigenvalue weighted by Gasteiger charge is 2.30. The number of hydrogen-bond donors (Lipinski definition) is 0. The molecule has 0 fully saturated rings. The predicted octanol–water partition coefficient (Wildman–Crippen LogP) is 4.26. The molecule has 2 nitrogen and oxygen atoms in total. The average molecular weight is 259 g/mol. The number of aromatic nitrogens is 1. The van der Waals surface area contributed by atoms with Crippen LogP contribution in [-0.2, 0) is 6.18 Å². The maximum atomic E-state index is 12.4. The first-order chi connectivity index (χ1) is 7.95. The number of rotatable bonds is 2. The lowest BCUT2D eigenvalue weighted by atomic mass is 10.2. The van der Waals surface area contributed by atoms with Gasteiger partial charge in [-0.05, 0) is 25.1 Å². The van der Waals surface area contributed by atoms with Crippen LogP contribution in [-0.4, -0.2) is 4.98 Å². The van der Waals surface area contributed by atoms with Crippen molar-refractivity contribution < 1.29 is 17.9 Å². The highest BCUT2D eigenvalue weighted by molar-refractivity contribution is 7.11. The molecule has 0 amide bonds. The molecule has 0 aliphatic rings. The fourth-order valence-corrected chi connectivity index (χ4v) is 1.88. The fourth-order valence-electron chi connectivity index (χ4n) is 1.22. The molecule has 0 saturated heterocycles. The molecule has 1 aromatic heterocycles. The Balaban J connectivity index is 2.22. The van der Waals surface area contributed by atoms with Gasteiger partial charge < -0.3 is 4.74 Å². The van der Waals surface area contributed by atoms with Crippen LogP contribution in [0.3, 0.4) is 0 Å². The van der Waals surface area contributed by atoms with Gasteiger partial charge in [-0.3, -0.25) is 0 Å².